The van der Waals surface area contributed by atoms with Crippen molar-refractivity contribution < 1.29 is 45.7 Å². The average molecular weight is 997 g/mol. The van der Waals surface area contributed by atoms with Crippen molar-refractivity contribution in [2.75, 3.05) is 20.8 Å². The molecule has 2 atom stereocenters. The van der Waals surface area contributed by atoms with Crippen LogP contribution in [-0.2, 0) is 22.1 Å². The number of aliphatic hydroxyl groups is 1. The third kappa shape index (κ3) is 10.9. The summed E-state index contributed by atoms with van der Waals surface area (Å²) in [6.07, 6.45) is -7.05. The largest absolute Gasteiger partial charge is 0.496 e. The van der Waals surface area contributed by atoms with E-state index in [9.17, 15) is 41.0 Å². The molecule has 6 aromatic rings. The van der Waals surface area contributed by atoms with Crippen molar-refractivity contribution in [3.63, 3.8) is 0 Å². The second-order valence-electron chi connectivity index (χ2n) is 16.3. The number of ether oxygens (including phenoxy) is 3. The SMILES string of the molecule is COc1ccc(Br)cc1C(C)(C)CC(O)(Cn1ccc(=O)c2ccccc21)C(F)(F)F.COc1ccc(Br)cc1C(C)(C)CC1(C(F)(F)F)CO1.O=c1cc[nH]c2ccccc12. The summed E-state index contributed by atoms with van der Waals surface area (Å²) >= 11 is 6.69. The second kappa shape index (κ2) is 18.6. The monoisotopic (exact) mass is 994 g/mol. The minimum Gasteiger partial charge on any atom is -0.496 e. The van der Waals surface area contributed by atoms with Crippen molar-refractivity contribution in [1.29, 1.82) is 0 Å². The van der Waals surface area contributed by atoms with E-state index in [-0.39, 0.29) is 23.9 Å². The lowest BCUT2D eigenvalue weighted by molar-refractivity contribution is -0.271. The van der Waals surface area contributed by atoms with Gasteiger partial charge in [0.1, 0.15) is 11.5 Å². The van der Waals surface area contributed by atoms with Gasteiger partial charge in [-0.15, -0.1) is 0 Å². The van der Waals surface area contributed by atoms with Crippen molar-refractivity contribution in [3.8, 4) is 11.5 Å². The summed E-state index contributed by atoms with van der Waals surface area (Å²) < 4.78 is 99.9. The van der Waals surface area contributed by atoms with Gasteiger partial charge in [-0.25, -0.2) is 0 Å². The maximum Gasteiger partial charge on any atom is 0.419 e. The van der Waals surface area contributed by atoms with Crippen LogP contribution in [0.5, 0.6) is 11.5 Å². The van der Waals surface area contributed by atoms with Gasteiger partial charge >= 0.3 is 12.4 Å². The molecule has 0 bridgehead atoms. The van der Waals surface area contributed by atoms with Gasteiger partial charge in [0.15, 0.2) is 22.1 Å². The molecule has 0 saturated carbocycles. The number of nitrogens with zero attached hydrogens (tertiary/aromatic N) is 1. The first-order chi connectivity index (χ1) is 28.9. The number of nitrogens with one attached hydrogen (secondary N) is 1. The third-order valence-electron chi connectivity index (χ3n) is 10.8. The first kappa shape index (κ1) is 48.4. The van der Waals surface area contributed by atoms with Crippen LogP contribution in [0.1, 0.15) is 51.7 Å². The van der Waals surface area contributed by atoms with Crippen LogP contribution in [0, 0.1) is 0 Å². The fraction of sp³-hybridized carbons (Fsp3) is 0.348. The number of aromatic amines is 1. The quantitative estimate of drug-likeness (QED) is 0.105. The number of pyridine rings is 2. The van der Waals surface area contributed by atoms with Crippen molar-refractivity contribution in [1.82, 2.24) is 9.55 Å². The van der Waals surface area contributed by atoms with Crippen molar-refractivity contribution >= 4 is 53.7 Å². The van der Waals surface area contributed by atoms with Gasteiger partial charge < -0.3 is 28.9 Å². The Balaban J connectivity index is 0.000000198. The molecule has 62 heavy (non-hydrogen) atoms. The maximum atomic E-state index is 14.2. The molecule has 2 unspecified atom stereocenters. The zero-order valence-electron chi connectivity index (χ0n) is 34.7. The summed E-state index contributed by atoms with van der Waals surface area (Å²) in [5, 5.41) is 12.0. The minimum absolute atomic E-state index is 0.0688. The maximum absolute atomic E-state index is 14.2. The van der Waals surface area contributed by atoms with E-state index in [1.54, 1.807) is 94.6 Å². The first-order valence-corrected chi connectivity index (χ1v) is 20.8. The van der Waals surface area contributed by atoms with Crippen molar-refractivity contribution in [2.45, 2.75) is 81.5 Å². The standard InChI is InChI=1S/C23H23BrF3NO3.C14H16BrF3O2.C9H7NO/c1-21(2,17-12-15(24)8-9-20(17)31-3)13-22(30,23(25,26)27)14-28-11-10-19(29)16-6-4-5-7-18(16)28;1-12(2,7-13(8-20-13)14(16,17)18)10-6-9(15)4-5-11(10)19-3;11-9-5-6-10-8-4-2-1-3-7(8)9/h4-12,30H,13-14H2,1-3H3;4-6H,7-8H2,1-3H3;1-6H,(H,10,11). The molecule has 332 valence electrons. The van der Waals surface area contributed by atoms with Gasteiger partial charge in [0, 0.05) is 60.9 Å². The number of H-pyrrole nitrogens is 1. The van der Waals surface area contributed by atoms with Gasteiger partial charge in [-0.3, -0.25) is 9.59 Å². The minimum atomic E-state index is -4.91. The molecule has 0 spiro atoms. The Morgan fingerprint density at radius 1 is 0.742 bits per heavy atom. The smallest absolute Gasteiger partial charge is 0.419 e. The number of halogens is 8. The van der Waals surface area contributed by atoms with E-state index < -0.39 is 47.4 Å². The van der Waals surface area contributed by atoms with E-state index >= 15 is 0 Å². The normalized spacial score (nSPS) is 16.4. The van der Waals surface area contributed by atoms with Gasteiger partial charge in [-0.05, 0) is 84.3 Å². The highest BCUT2D eigenvalue weighted by atomic mass is 79.9. The first-order valence-electron chi connectivity index (χ1n) is 19.2. The Morgan fingerprint density at radius 3 is 1.77 bits per heavy atom. The van der Waals surface area contributed by atoms with Crippen LogP contribution in [-0.4, -0.2) is 59.0 Å². The zero-order valence-corrected chi connectivity index (χ0v) is 37.9. The van der Waals surface area contributed by atoms with Crippen LogP contribution >= 0.6 is 31.9 Å². The molecular formula is C46H46Br2F6N2O6. The number of benzene rings is 4. The number of hydrogen-bond acceptors (Lipinski definition) is 6. The van der Waals surface area contributed by atoms with Crippen LogP contribution in [0.25, 0.3) is 21.8 Å². The van der Waals surface area contributed by atoms with Gasteiger partial charge in [-0.1, -0.05) is 83.8 Å². The summed E-state index contributed by atoms with van der Waals surface area (Å²) in [4.78, 5) is 26.2. The van der Waals surface area contributed by atoms with Crippen LogP contribution in [0.4, 0.5) is 26.3 Å². The summed E-state index contributed by atoms with van der Waals surface area (Å²) in [6, 6.07) is 27.0. The summed E-state index contributed by atoms with van der Waals surface area (Å²) in [5.74, 6) is 1.02. The molecule has 7 rings (SSSR count). The highest BCUT2D eigenvalue weighted by Crippen LogP contribution is 2.52. The molecule has 0 aliphatic carbocycles. The molecule has 0 radical (unpaired) electrons. The predicted octanol–water partition coefficient (Wildman–Crippen LogP) is 11.4. The van der Waals surface area contributed by atoms with E-state index in [1.165, 1.54) is 37.1 Å². The lowest BCUT2D eigenvalue weighted by Gasteiger charge is -2.39. The Labute approximate surface area is 371 Å². The fourth-order valence-corrected chi connectivity index (χ4v) is 8.28. The molecular weight excluding hydrogens is 950 g/mol. The molecule has 4 aromatic carbocycles. The number of aromatic nitrogens is 2. The fourth-order valence-electron chi connectivity index (χ4n) is 7.55. The van der Waals surface area contributed by atoms with Gasteiger partial charge in [0.05, 0.1) is 32.9 Å². The molecule has 1 saturated heterocycles. The molecule has 1 aliphatic heterocycles. The number of epoxide rings is 1. The molecule has 0 amide bonds. The lowest BCUT2D eigenvalue weighted by Crippen LogP contribution is -2.52. The molecule has 2 aromatic heterocycles. The van der Waals surface area contributed by atoms with Crippen LogP contribution in [0.15, 0.2) is 128 Å². The van der Waals surface area contributed by atoms with Gasteiger partial charge in [-0.2, -0.15) is 26.3 Å². The number of hydrogen-bond donors (Lipinski definition) is 2. The Bertz CT molecular complexity index is 2630. The Hall–Kier alpha value is -4.64. The van der Waals surface area contributed by atoms with Gasteiger partial charge in [0.2, 0.25) is 0 Å². The number of fused-ring (bicyclic) bond motifs is 2. The number of rotatable bonds is 10. The predicted molar refractivity (Wildman–Crippen MR) is 235 cm³/mol. The summed E-state index contributed by atoms with van der Waals surface area (Å²) in [6.45, 7) is 5.79. The van der Waals surface area contributed by atoms with E-state index in [0.29, 0.717) is 32.4 Å². The van der Waals surface area contributed by atoms with Gasteiger partial charge in [0.25, 0.3) is 0 Å². The summed E-state index contributed by atoms with van der Waals surface area (Å²) in [5.41, 5.74) is -4.61. The third-order valence-corrected chi connectivity index (χ3v) is 11.7. The number of para-hydroxylation sites is 2. The topological polar surface area (TPSA) is 106 Å². The van der Waals surface area contributed by atoms with E-state index in [2.05, 4.69) is 36.8 Å². The highest BCUT2D eigenvalue weighted by Gasteiger charge is 2.67. The molecule has 16 heteroatoms. The van der Waals surface area contributed by atoms with Crippen molar-refractivity contribution in [2.24, 2.45) is 0 Å². The average Bonchev–Trinajstić information content (AvgIpc) is 4.00. The van der Waals surface area contributed by atoms with Crippen LogP contribution < -0.4 is 20.3 Å². The second-order valence-corrected chi connectivity index (χ2v) is 18.2. The Morgan fingerprint density at radius 2 is 1.26 bits per heavy atom. The molecule has 3 heterocycles. The number of methoxy groups -OCH3 is 2. The van der Waals surface area contributed by atoms with E-state index in [4.69, 9.17) is 14.2 Å². The van der Waals surface area contributed by atoms with Crippen molar-refractivity contribution in [3.05, 3.63) is 150 Å². The zero-order chi connectivity index (χ0) is 45.9. The molecule has 2 N–H and O–H groups in total. The Kier molecular flexibility index (Phi) is 14.5. The number of alkyl halides is 6. The molecule has 1 aliphatic rings. The van der Waals surface area contributed by atoms with E-state index in [1.807, 2.05) is 24.3 Å². The lowest BCUT2D eigenvalue weighted by atomic mass is 9.74. The molecule has 8 nitrogen and oxygen atoms in total. The summed E-state index contributed by atoms with van der Waals surface area (Å²) in [7, 11) is 2.96. The van der Waals surface area contributed by atoms with Crippen LogP contribution in [0.2, 0.25) is 0 Å². The highest BCUT2D eigenvalue weighted by molar-refractivity contribution is 9.10. The van der Waals surface area contributed by atoms with Crippen LogP contribution in [0.3, 0.4) is 0 Å². The molecule has 1 fully saturated rings. The van der Waals surface area contributed by atoms with E-state index in [0.717, 1.165) is 20.9 Å².